The molecule has 1 aliphatic heterocycles. The van der Waals surface area contributed by atoms with Crippen molar-refractivity contribution in [1.82, 2.24) is 14.6 Å². The highest BCUT2D eigenvalue weighted by atomic mass is 35.5. The normalized spacial score (nSPS) is 22.9. The molecule has 3 aromatic rings. The van der Waals surface area contributed by atoms with Crippen molar-refractivity contribution in [3.63, 3.8) is 0 Å². The van der Waals surface area contributed by atoms with E-state index in [0.29, 0.717) is 11.2 Å². The number of hydrogen-bond donors (Lipinski definition) is 2. The van der Waals surface area contributed by atoms with Crippen molar-refractivity contribution in [2.45, 2.75) is 37.4 Å². The van der Waals surface area contributed by atoms with Gasteiger partial charge in [0.05, 0.1) is 10.7 Å². The Morgan fingerprint density at radius 1 is 1.34 bits per heavy atom. The molecule has 12 nitrogen and oxygen atoms in total. The van der Waals surface area contributed by atoms with Crippen molar-refractivity contribution in [2.24, 2.45) is 0 Å². The standard InChI is InChI=1S/C21H23ClN5O7P/c1-20(2)32-17(14-8-9-15-19(24)25-12-26-27(14)15)18(33-20)21(10-23,30-3)11-31-35(28,29)34-16-7-5-4-6-13(16)22/h4-9,12,17-18H,11H2,1-3H3,(H,28,29)(H2,24,25,26)/t17-,18-,21+/m0/s1. The van der Waals surface area contributed by atoms with E-state index in [4.69, 9.17) is 40.6 Å². The lowest BCUT2D eigenvalue weighted by atomic mass is 9.93. The lowest BCUT2D eigenvalue weighted by Crippen LogP contribution is -2.50. The van der Waals surface area contributed by atoms with Gasteiger partial charge in [0.2, 0.25) is 5.60 Å². The number of phosphoric ester groups is 1. The summed E-state index contributed by atoms with van der Waals surface area (Å²) in [6, 6.07) is 11.5. The third-order valence-electron chi connectivity index (χ3n) is 5.40. The molecule has 1 saturated heterocycles. The van der Waals surface area contributed by atoms with Gasteiger partial charge in [-0.1, -0.05) is 23.7 Å². The summed E-state index contributed by atoms with van der Waals surface area (Å²) in [6.45, 7) is 2.63. The van der Waals surface area contributed by atoms with Crippen molar-refractivity contribution in [3.8, 4) is 11.8 Å². The Morgan fingerprint density at radius 2 is 2.09 bits per heavy atom. The Hall–Kier alpha value is -2.75. The Labute approximate surface area is 205 Å². The Morgan fingerprint density at radius 3 is 2.77 bits per heavy atom. The summed E-state index contributed by atoms with van der Waals surface area (Å²) in [5, 5.41) is 14.5. The molecule has 1 aliphatic rings. The number of aromatic nitrogens is 3. The van der Waals surface area contributed by atoms with Crippen LogP contribution < -0.4 is 10.3 Å². The van der Waals surface area contributed by atoms with Gasteiger partial charge in [0.15, 0.2) is 11.6 Å². The monoisotopic (exact) mass is 523 g/mol. The molecular weight excluding hydrogens is 501 g/mol. The highest BCUT2D eigenvalue weighted by Crippen LogP contribution is 2.49. The Bertz CT molecular complexity index is 1330. The number of para-hydroxylation sites is 1. The number of phosphoric acid groups is 1. The largest absolute Gasteiger partial charge is 0.527 e. The van der Waals surface area contributed by atoms with E-state index < -0.39 is 38.0 Å². The lowest BCUT2D eigenvalue weighted by molar-refractivity contribution is -0.171. The smallest absolute Gasteiger partial charge is 0.403 e. The molecule has 0 spiro atoms. The summed E-state index contributed by atoms with van der Waals surface area (Å²) in [5.41, 5.74) is 5.08. The van der Waals surface area contributed by atoms with E-state index in [0.717, 1.165) is 0 Å². The summed E-state index contributed by atoms with van der Waals surface area (Å²) in [7, 11) is -3.46. The quantitative estimate of drug-likeness (QED) is 0.416. The molecule has 14 heteroatoms. The maximum atomic E-state index is 12.7. The second-order valence-corrected chi connectivity index (χ2v) is 9.93. The molecule has 35 heavy (non-hydrogen) atoms. The topological polar surface area (TPSA) is 163 Å². The molecule has 0 saturated carbocycles. The third-order valence-corrected chi connectivity index (χ3v) is 6.60. The fourth-order valence-electron chi connectivity index (χ4n) is 3.75. The third kappa shape index (κ3) is 4.98. The van der Waals surface area contributed by atoms with Gasteiger partial charge >= 0.3 is 7.82 Å². The van der Waals surface area contributed by atoms with Gasteiger partial charge in [0.1, 0.15) is 42.5 Å². The first-order chi connectivity index (χ1) is 16.5. The van der Waals surface area contributed by atoms with Crippen molar-refractivity contribution < 1.29 is 32.7 Å². The lowest BCUT2D eigenvalue weighted by Gasteiger charge is -2.33. The van der Waals surface area contributed by atoms with Crippen LogP contribution in [0.4, 0.5) is 5.82 Å². The number of fused-ring (bicyclic) bond motifs is 1. The Kier molecular flexibility index (Phi) is 6.78. The van der Waals surface area contributed by atoms with Gasteiger partial charge in [-0.3, -0.25) is 9.42 Å². The van der Waals surface area contributed by atoms with Crippen LogP contribution in [0.2, 0.25) is 5.02 Å². The molecule has 0 radical (unpaired) electrons. The molecule has 186 valence electrons. The van der Waals surface area contributed by atoms with Crippen LogP contribution >= 0.6 is 19.4 Å². The van der Waals surface area contributed by atoms with Gasteiger partial charge in [-0.05, 0) is 38.1 Å². The van der Waals surface area contributed by atoms with E-state index in [9.17, 15) is 14.7 Å². The van der Waals surface area contributed by atoms with Gasteiger partial charge in [-0.25, -0.2) is 14.1 Å². The molecule has 3 N–H and O–H groups in total. The second kappa shape index (κ2) is 9.37. The number of hydrogen-bond acceptors (Lipinski definition) is 10. The van der Waals surface area contributed by atoms with Gasteiger partial charge in [-0.2, -0.15) is 10.4 Å². The van der Waals surface area contributed by atoms with Crippen molar-refractivity contribution in [3.05, 3.63) is 53.4 Å². The van der Waals surface area contributed by atoms with Gasteiger partial charge < -0.3 is 24.5 Å². The molecule has 1 aromatic carbocycles. The number of nitrogens with zero attached hydrogens (tertiary/aromatic N) is 4. The second-order valence-electron chi connectivity index (χ2n) is 8.15. The molecular formula is C21H23ClN5O7P. The number of nitriles is 1. The first kappa shape index (κ1) is 25.3. The van der Waals surface area contributed by atoms with E-state index in [1.807, 2.05) is 6.07 Å². The molecule has 0 amide bonds. The van der Waals surface area contributed by atoms with Crippen LogP contribution in [0.3, 0.4) is 0 Å². The number of benzene rings is 1. The maximum absolute atomic E-state index is 12.7. The molecule has 0 bridgehead atoms. The number of nitrogen functional groups attached to an aromatic ring is 1. The number of methoxy groups -OCH3 is 1. The summed E-state index contributed by atoms with van der Waals surface area (Å²) in [6.07, 6.45) is -0.720. The van der Waals surface area contributed by atoms with Crippen molar-refractivity contribution >= 4 is 30.8 Å². The maximum Gasteiger partial charge on any atom is 0.527 e. The average molecular weight is 524 g/mol. The van der Waals surface area contributed by atoms with Gasteiger partial charge in [0.25, 0.3) is 0 Å². The summed E-state index contributed by atoms with van der Waals surface area (Å²) < 4.78 is 42.1. The zero-order valence-corrected chi connectivity index (χ0v) is 20.6. The number of rotatable bonds is 8. The molecule has 4 atom stereocenters. The zero-order chi connectivity index (χ0) is 25.4. The molecule has 4 rings (SSSR count). The predicted octanol–water partition coefficient (Wildman–Crippen LogP) is 3.26. The molecule has 1 unspecified atom stereocenters. The highest BCUT2D eigenvalue weighted by Gasteiger charge is 2.56. The highest BCUT2D eigenvalue weighted by molar-refractivity contribution is 7.47. The molecule has 1 fully saturated rings. The van der Waals surface area contributed by atoms with E-state index in [2.05, 4.69) is 10.1 Å². The van der Waals surface area contributed by atoms with Crippen LogP contribution in [-0.4, -0.2) is 50.7 Å². The first-order valence-corrected chi connectivity index (χ1v) is 12.2. The fraction of sp³-hybridized carbons (Fsp3) is 0.381. The molecule has 2 aromatic heterocycles. The van der Waals surface area contributed by atoms with Crippen LogP contribution in [0.25, 0.3) is 5.52 Å². The van der Waals surface area contributed by atoms with Gasteiger partial charge in [-0.15, -0.1) is 0 Å². The number of anilines is 1. The van der Waals surface area contributed by atoms with E-state index >= 15 is 0 Å². The molecule has 0 aliphatic carbocycles. The van der Waals surface area contributed by atoms with Crippen LogP contribution in [0.1, 0.15) is 25.6 Å². The predicted molar refractivity (Wildman–Crippen MR) is 123 cm³/mol. The van der Waals surface area contributed by atoms with E-state index in [1.54, 1.807) is 38.1 Å². The van der Waals surface area contributed by atoms with Crippen LogP contribution in [0, 0.1) is 11.3 Å². The summed E-state index contributed by atoms with van der Waals surface area (Å²) in [5.74, 6) is -0.952. The molecule has 3 heterocycles. The average Bonchev–Trinajstić information content (AvgIpc) is 3.38. The first-order valence-electron chi connectivity index (χ1n) is 10.3. The summed E-state index contributed by atoms with van der Waals surface area (Å²) >= 11 is 6.00. The van der Waals surface area contributed by atoms with Crippen molar-refractivity contribution in [2.75, 3.05) is 19.5 Å². The number of halogens is 1. The Balaban J connectivity index is 1.65. The summed E-state index contributed by atoms with van der Waals surface area (Å²) in [4.78, 5) is 14.3. The number of ether oxygens (including phenoxy) is 3. The van der Waals surface area contributed by atoms with Crippen LogP contribution in [0.5, 0.6) is 5.75 Å². The number of nitrogens with two attached hydrogens (primary N) is 1. The van der Waals surface area contributed by atoms with Gasteiger partial charge in [0, 0.05) is 7.11 Å². The van der Waals surface area contributed by atoms with Crippen molar-refractivity contribution in [1.29, 1.82) is 5.26 Å². The van der Waals surface area contributed by atoms with E-state index in [1.165, 1.54) is 30.1 Å². The minimum atomic E-state index is -4.72. The minimum absolute atomic E-state index is 0.0589. The van der Waals surface area contributed by atoms with Crippen LogP contribution in [0.15, 0.2) is 42.7 Å². The minimum Gasteiger partial charge on any atom is -0.403 e. The fourth-order valence-corrected chi connectivity index (χ4v) is 4.80. The SMILES string of the molecule is CO[C@](C#N)(COP(=O)(O)Oc1ccccc1Cl)[C@H]1OC(C)(C)O[C@H]1c1ccc2c(N)ncnn12. The zero-order valence-electron chi connectivity index (χ0n) is 19.0. The van der Waals surface area contributed by atoms with Crippen LogP contribution in [-0.2, 0) is 23.3 Å². The van der Waals surface area contributed by atoms with E-state index in [-0.39, 0.29) is 16.6 Å².